The average molecular weight is 647 g/mol. The molecule has 47 heavy (non-hydrogen) atoms. The fourth-order valence-electron chi connectivity index (χ4n) is 6.26. The second-order valence-electron chi connectivity index (χ2n) is 13.1. The van der Waals surface area contributed by atoms with Crippen molar-refractivity contribution < 1.29 is 27.5 Å². The summed E-state index contributed by atoms with van der Waals surface area (Å²) in [5.74, 6) is -0.306. The summed E-state index contributed by atoms with van der Waals surface area (Å²) < 4.78 is 51.7. The Balaban J connectivity index is 1.33. The lowest BCUT2D eigenvalue weighted by molar-refractivity contribution is -0.137. The molecule has 6 rings (SSSR count). The van der Waals surface area contributed by atoms with E-state index in [-0.39, 0.29) is 17.4 Å². The molecule has 1 atom stereocenters. The van der Waals surface area contributed by atoms with Gasteiger partial charge < -0.3 is 29.2 Å². The van der Waals surface area contributed by atoms with Gasteiger partial charge in [0.25, 0.3) is 0 Å². The number of hydrogen-bond acceptors (Lipinski definition) is 6. The van der Waals surface area contributed by atoms with Crippen LogP contribution in [0, 0.1) is 0 Å². The Labute approximate surface area is 270 Å². The average Bonchev–Trinajstić information content (AvgIpc) is 3.62. The van der Waals surface area contributed by atoms with Gasteiger partial charge in [0.15, 0.2) is 0 Å². The summed E-state index contributed by atoms with van der Waals surface area (Å²) in [7, 11) is 3.37. The number of anilines is 2. The summed E-state index contributed by atoms with van der Waals surface area (Å²) in [5.41, 5.74) is 8.44. The Bertz CT molecular complexity index is 2010. The van der Waals surface area contributed by atoms with Crippen LogP contribution in [-0.2, 0) is 18.0 Å². The Morgan fingerprint density at radius 3 is 2.51 bits per heavy atom. The third-order valence-electron chi connectivity index (χ3n) is 8.64. The van der Waals surface area contributed by atoms with E-state index in [4.69, 9.17) is 10.5 Å². The summed E-state index contributed by atoms with van der Waals surface area (Å²) in [6.45, 7) is 6.68. The number of rotatable bonds is 5. The molecule has 246 valence electrons. The Kier molecular flexibility index (Phi) is 7.93. The number of pyridine rings is 1. The van der Waals surface area contributed by atoms with Crippen LogP contribution >= 0.6 is 0 Å². The second-order valence-corrected chi connectivity index (χ2v) is 13.1. The Hall–Kier alpha value is -5.00. The zero-order valence-electron chi connectivity index (χ0n) is 26.9. The van der Waals surface area contributed by atoms with Crippen molar-refractivity contribution in [2.24, 2.45) is 7.05 Å². The van der Waals surface area contributed by atoms with Crippen molar-refractivity contribution in [2.45, 2.75) is 51.4 Å². The quantitative estimate of drug-likeness (QED) is 0.161. The first kappa shape index (κ1) is 32.0. The SMILES string of the molecule is CN(C(=O)OC(C)(C)C)C1CCCN(c2cc(C(=O)c3ccc4c(-c5cc6ncn(C)c6cc5C(F)(F)F)cccn34)ccc2N)C1. The summed E-state index contributed by atoms with van der Waals surface area (Å²) in [4.78, 5) is 34.7. The molecule has 0 aliphatic carbocycles. The largest absolute Gasteiger partial charge is 0.444 e. The van der Waals surface area contributed by atoms with Crippen LogP contribution in [0.5, 0.6) is 0 Å². The maximum absolute atomic E-state index is 14.3. The number of ketones is 1. The van der Waals surface area contributed by atoms with Crippen molar-refractivity contribution in [3.05, 3.63) is 83.9 Å². The number of alkyl halides is 3. The van der Waals surface area contributed by atoms with Crippen molar-refractivity contribution in [3.63, 3.8) is 0 Å². The van der Waals surface area contributed by atoms with E-state index in [1.807, 2.05) is 20.8 Å². The van der Waals surface area contributed by atoms with E-state index in [1.54, 1.807) is 76.6 Å². The number of benzene rings is 2. The molecule has 2 N–H and O–H groups in total. The molecule has 12 heteroatoms. The van der Waals surface area contributed by atoms with Gasteiger partial charge in [-0.1, -0.05) is 6.07 Å². The molecule has 1 fully saturated rings. The van der Waals surface area contributed by atoms with Crippen LogP contribution < -0.4 is 10.6 Å². The van der Waals surface area contributed by atoms with Gasteiger partial charge in [0.1, 0.15) is 5.60 Å². The number of nitrogen functional groups attached to an aromatic ring is 1. The number of imidazole rings is 1. The number of hydrogen-bond donors (Lipinski definition) is 1. The molecule has 1 aliphatic heterocycles. The summed E-state index contributed by atoms with van der Waals surface area (Å²) in [6, 6.07) is 14.0. The third kappa shape index (κ3) is 6.11. The first-order valence-corrected chi connectivity index (χ1v) is 15.4. The van der Waals surface area contributed by atoms with Gasteiger partial charge in [-0.25, -0.2) is 9.78 Å². The number of ether oxygens (including phenoxy) is 1. The third-order valence-corrected chi connectivity index (χ3v) is 8.64. The summed E-state index contributed by atoms with van der Waals surface area (Å²) in [6.07, 6.45) is -0.255. The van der Waals surface area contributed by atoms with Crippen LogP contribution in [0.1, 0.15) is 55.2 Å². The van der Waals surface area contributed by atoms with Crippen molar-refractivity contribution in [1.82, 2.24) is 18.9 Å². The molecular weight excluding hydrogens is 609 g/mol. The van der Waals surface area contributed by atoms with Gasteiger partial charge in [0.05, 0.1) is 51.6 Å². The van der Waals surface area contributed by atoms with E-state index < -0.39 is 23.4 Å². The van der Waals surface area contributed by atoms with Gasteiger partial charge in [-0.3, -0.25) is 4.79 Å². The Morgan fingerprint density at radius 2 is 1.79 bits per heavy atom. The fourth-order valence-corrected chi connectivity index (χ4v) is 6.26. The van der Waals surface area contributed by atoms with E-state index >= 15 is 0 Å². The molecular formula is C35H37F3N6O3. The molecule has 9 nitrogen and oxygen atoms in total. The maximum Gasteiger partial charge on any atom is 0.417 e. The van der Waals surface area contributed by atoms with Crippen LogP contribution in [0.25, 0.3) is 27.7 Å². The highest BCUT2D eigenvalue weighted by atomic mass is 19.4. The highest BCUT2D eigenvalue weighted by molar-refractivity contribution is 6.10. The number of nitrogens with zero attached hydrogens (tertiary/aromatic N) is 5. The number of carbonyl (C=O) groups excluding carboxylic acids is 2. The van der Waals surface area contributed by atoms with Gasteiger partial charge in [-0.15, -0.1) is 0 Å². The number of piperidine rings is 1. The van der Waals surface area contributed by atoms with E-state index in [0.717, 1.165) is 18.9 Å². The highest BCUT2D eigenvalue weighted by Gasteiger charge is 2.35. The number of carbonyl (C=O) groups is 2. The summed E-state index contributed by atoms with van der Waals surface area (Å²) >= 11 is 0. The first-order chi connectivity index (χ1) is 22.1. The first-order valence-electron chi connectivity index (χ1n) is 15.4. The lowest BCUT2D eigenvalue weighted by atomic mass is 9.98. The molecule has 1 amide bonds. The normalized spacial score (nSPS) is 15.7. The van der Waals surface area contributed by atoms with Crippen LogP contribution in [0.4, 0.5) is 29.3 Å². The van der Waals surface area contributed by atoms with Crippen molar-refractivity contribution >= 4 is 39.8 Å². The van der Waals surface area contributed by atoms with Gasteiger partial charge in [0.2, 0.25) is 5.78 Å². The monoisotopic (exact) mass is 646 g/mol. The van der Waals surface area contributed by atoms with Crippen molar-refractivity contribution in [1.29, 1.82) is 0 Å². The van der Waals surface area contributed by atoms with E-state index in [0.29, 0.717) is 57.8 Å². The number of fused-ring (bicyclic) bond motifs is 2. The molecule has 4 heterocycles. The van der Waals surface area contributed by atoms with Crippen LogP contribution in [0.2, 0.25) is 0 Å². The smallest absolute Gasteiger partial charge is 0.417 e. The predicted octanol–water partition coefficient (Wildman–Crippen LogP) is 7.16. The highest BCUT2D eigenvalue weighted by Crippen LogP contribution is 2.41. The minimum Gasteiger partial charge on any atom is -0.444 e. The topological polar surface area (TPSA) is 98.1 Å². The van der Waals surface area contributed by atoms with Crippen LogP contribution in [0.3, 0.4) is 0 Å². The maximum atomic E-state index is 14.3. The molecule has 0 spiro atoms. The number of aromatic nitrogens is 3. The molecule has 5 aromatic rings. The molecule has 3 aromatic heterocycles. The lowest BCUT2D eigenvalue weighted by Crippen LogP contribution is -2.50. The molecule has 1 unspecified atom stereocenters. The van der Waals surface area contributed by atoms with Crippen molar-refractivity contribution in [2.75, 3.05) is 30.8 Å². The van der Waals surface area contributed by atoms with Crippen LogP contribution in [-0.4, -0.2) is 62.5 Å². The number of aryl methyl sites for hydroxylation is 1. The standard InChI is InChI=1S/C35H37F3N6O3/c1-34(2,3)47-33(46)42(5)22-8-6-14-43(19-22)30-16-21(10-11-26(30)39)32(45)29-13-12-28-23(9-7-15-44(28)29)24-17-27-31(41(4)20-40-27)18-25(24)35(36,37)38/h7,9-13,15-18,20,22H,6,8,14,19,39H2,1-5H3. The molecule has 0 radical (unpaired) electrons. The minimum atomic E-state index is -4.61. The fraction of sp³-hybridized carbons (Fsp3) is 0.343. The van der Waals surface area contributed by atoms with Crippen LogP contribution in [0.15, 0.2) is 67.1 Å². The minimum absolute atomic E-state index is 0.0165. The zero-order valence-corrected chi connectivity index (χ0v) is 26.9. The number of halogens is 3. The predicted molar refractivity (Wildman–Crippen MR) is 176 cm³/mol. The van der Waals surface area contributed by atoms with Gasteiger partial charge in [0, 0.05) is 44.5 Å². The Morgan fingerprint density at radius 1 is 1.02 bits per heavy atom. The molecule has 1 saturated heterocycles. The molecule has 0 saturated carbocycles. The number of amides is 1. The van der Waals surface area contributed by atoms with E-state index in [1.165, 1.54) is 12.4 Å². The number of nitrogens with two attached hydrogens (primary N) is 1. The zero-order chi connectivity index (χ0) is 33.8. The van der Waals surface area contributed by atoms with E-state index in [2.05, 4.69) is 9.88 Å². The second kappa shape index (κ2) is 11.7. The van der Waals surface area contributed by atoms with Gasteiger partial charge >= 0.3 is 12.3 Å². The molecule has 0 bridgehead atoms. The molecule has 2 aromatic carbocycles. The van der Waals surface area contributed by atoms with Gasteiger partial charge in [-0.2, -0.15) is 13.2 Å². The number of likely N-dealkylation sites (N-methyl/N-ethyl adjacent to an activating group) is 1. The van der Waals surface area contributed by atoms with E-state index in [9.17, 15) is 22.8 Å². The molecule has 1 aliphatic rings. The van der Waals surface area contributed by atoms with Gasteiger partial charge in [-0.05, 0) is 87.7 Å². The summed E-state index contributed by atoms with van der Waals surface area (Å²) in [5, 5.41) is 0. The van der Waals surface area contributed by atoms with Crippen molar-refractivity contribution in [3.8, 4) is 11.1 Å². The lowest BCUT2D eigenvalue weighted by Gasteiger charge is -2.39.